The molecule has 0 saturated carbocycles. The molecule has 1 aromatic carbocycles. The van der Waals surface area contributed by atoms with E-state index in [1.807, 2.05) is 5.07 Å². The molecule has 10 heavy (non-hydrogen) atoms. The van der Waals surface area contributed by atoms with Crippen LogP contribution in [0.4, 0.5) is 0 Å². The Kier molecular flexibility index (Phi) is 1.64. The molecule has 0 amide bonds. The predicted octanol–water partition coefficient (Wildman–Crippen LogP) is 2.05. The van der Waals surface area contributed by atoms with Crippen molar-refractivity contribution in [2.45, 2.75) is 0 Å². The molecule has 0 atom stereocenters. The standard InChI is InChI=1S/C7H4BrNSe/c8-5-1-2-7-6(3-5)9-4-10-7/h1-4H. The molecule has 0 spiro atoms. The van der Waals surface area contributed by atoms with Gasteiger partial charge >= 0.3 is 72.9 Å². The van der Waals surface area contributed by atoms with Gasteiger partial charge in [-0.2, -0.15) is 0 Å². The van der Waals surface area contributed by atoms with Crippen LogP contribution in [0.5, 0.6) is 0 Å². The number of halogens is 1. The molecule has 0 fully saturated rings. The first-order valence-corrected chi connectivity index (χ1v) is 5.49. The summed E-state index contributed by atoms with van der Waals surface area (Å²) in [5.41, 5.74) is 1.13. The van der Waals surface area contributed by atoms with Crippen LogP contribution in [0.3, 0.4) is 0 Å². The third-order valence-electron chi connectivity index (χ3n) is 1.29. The molecule has 0 aliphatic heterocycles. The fraction of sp³-hybridized carbons (Fsp3) is 0. The second-order valence-electron chi connectivity index (χ2n) is 1.96. The number of aromatic nitrogens is 1. The summed E-state index contributed by atoms with van der Waals surface area (Å²) in [6.07, 6.45) is 0. The number of fused-ring (bicyclic) bond motifs is 1. The number of benzene rings is 1. The summed E-state index contributed by atoms with van der Waals surface area (Å²) in [6, 6.07) is 6.25. The van der Waals surface area contributed by atoms with Gasteiger partial charge in [-0.05, 0) is 0 Å². The monoisotopic (exact) mass is 261 g/mol. The first-order valence-electron chi connectivity index (χ1n) is 2.85. The molecule has 0 bridgehead atoms. The molecule has 2 rings (SSSR count). The molecule has 0 radical (unpaired) electrons. The Morgan fingerprint density at radius 1 is 1.40 bits per heavy atom. The molecule has 0 unspecified atom stereocenters. The Morgan fingerprint density at radius 3 is 3.20 bits per heavy atom. The summed E-state index contributed by atoms with van der Waals surface area (Å²) in [4.78, 5) is 4.23. The number of hydrogen-bond donors (Lipinski definition) is 0. The van der Waals surface area contributed by atoms with Crippen molar-refractivity contribution >= 4 is 40.2 Å². The van der Waals surface area contributed by atoms with Gasteiger partial charge in [0.05, 0.1) is 0 Å². The van der Waals surface area contributed by atoms with Crippen molar-refractivity contribution in [3.05, 3.63) is 27.7 Å². The van der Waals surface area contributed by atoms with E-state index in [4.69, 9.17) is 0 Å². The van der Waals surface area contributed by atoms with Crippen molar-refractivity contribution in [3.63, 3.8) is 0 Å². The maximum absolute atomic E-state index is 4.23. The van der Waals surface area contributed by atoms with Crippen LogP contribution in [0, 0.1) is 0 Å². The van der Waals surface area contributed by atoms with E-state index in [2.05, 4.69) is 39.1 Å². The molecule has 0 aliphatic rings. The topological polar surface area (TPSA) is 12.9 Å². The second kappa shape index (κ2) is 2.50. The molecule has 1 heterocycles. The van der Waals surface area contributed by atoms with E-state index < -0.39 is 0 Å². The number of hydrogen-bond acceptors (Lipinski definition) is 1. The Bertz CT molecular complexity index is 355. The Hall–Kier alpha value is -0.111. The van der Waals surface area contributed by atoms with Crippen LogP contribution in [-0.4, -0.2) is 19.5 Å². The van der Waals surface area contributed by atoms with Gasteiger partial charge in [0.25, 0.3) is 0 Å². The third-order valence-corrected chi connectivity index (χ3v) is 3.49. The van der Waals surface area contributed by atoms with Crippen LogP contribution in [0.2, 0.25) is 0 Å². The van der Waals surface area contributed by atoms with E-state index >= 15 is 0 Å². The van der Waals surface area contributed by atoms with Gasteiger partial charge in [0, 0.05) is 0 Å². The Balaban J connectivity index is 2.86. The first-order chi connectivity index (χ1) is 4.86. The van der Waals surface area contributed by atoms with Crippen molar-refractivity contribution < 1.29 is 0 Å². The van der Waals surface area contributed by atoms with Gasteiger partial charge in [0.15, 0.2) is 0 Å². The Labute approximate surface area is 73.0 Å². The van der Waals surface area contributed by atoms with Crippen LogP contribution >= 0.6 is 15.9 Å². The average Bonchev–Trinajstić information content (AvgIpc) is 2.33. The zero-order valence-corrected chi connectivity index (χ0v) is 8.34. The van der Waals surface area contributed by atoms with Gasteiger partial charge < -0.3 is 0 Å². The van der Waals surface area contributed by atoms with Crippen molar-refractivity contribution in [1.82, 2.24) is 4.98 Å². The average molecular weight is 261 g/mol. The van der Waals surface area contributed by atoms with E-state index in [1.54, 1.807) is 0 Å². The van der Waals surface area contributed by atoms with Crippen molar-refractivity contribution in [2.75, 3.05) is 0 Å². The minimum atomic E-state index is 0.482. The molecule has 0 saturated heterocycles. The van der Waals surface area contributed by atoms with Crippen molar-refractivity contribution in [2.24, 2.45) is 0 Å². The van der Waals surface area contributed by atoms with Gasteiger partial charge in [-0.3, -0.25) is 0 Å². The molecule has 1 aromatic heterocycles. The van der Waals surface area contributed by atoms with E-state index in [-0.39, 0.29) is 0 Å². The van der Waals surface area contributed by atoms with Crippen LogP contribution < -0.4 is 0 Å². The number of nitrogens with zero attached hydrogens (tertiary/aromatic N) is 1. The zero-order valence-electron chi connectivity index (χ0n) is 5.04. The van der Waals surface area contributed by atoms with Gasteiger partial charge in [-0.15, -0.1) is 0 Å². The van der Waals surface area contributed by atoms with Gasteiger partial charge in [0.1, 0.15) is 0 Å². The normalized spacial score (nSPS) is 10.5. The molecular formula is C7H4BrNSe. The van der Waals surface area contributed by atoms with E-state index in [0.717, 1.165) is 9.99 Å². The van der Waals surface area contributed by atoms with E-state index in [1.165, 1.54) is 4.26 Å². The van der Waals surface area contributed by atoms with Gasteiger partial charge in [0.2, 0.25) is 0 Å². The molecule has 2 aromatic rings. The quantitative estimate of drug-likeness (QED) is 0.661. The molecule has 0 aliphatic carbocycles. The van der Waals surface area contributed by atoms with E-state index in [0.29, 0.717) is 14.5 Å². The summed E-state index contributed by atoms with van der Waals surface area (Å²) in [6.45, 7) is 0. The zero-order chi connectivity index (χ0) is 6.97. The van der Waals surface area contributed by atoms with Crippen LogP contribution in [-0.2, 0) is 0 Å². The van der Waals surface area contributed by atoms with E-state index in [9.17, 15) is 0 Å². The summed E-state index contributed by atoms with van der Waals surface area (Å²) in [7, 11) is 0. The summed E-state index contributed by atoms with van der Waals surface area (Å²) >= 11 is 3.88. The summed E-state index contributed by atoms with van der Waals surface area (Å²) in [5, 5.41) is 2.00. The summed E-state index contributed by atoms with van der Waals surface area (Å²) in [5.74, 6) is 0. The van der Waals surface area contributed by atoms with Crippen LogP contribution in [0.1, 0.15) is 0 Å². The Morgan fingerprint density at radius 2 is 2.30 bits per heavy atom. The summed E-state index contributed by atoms with van der Waals surface area (Å²) < 4.78 is 2.50. The predicted molar refractivity (Wildman–Crippen MR) is 46.4 cm³/mol. The molecule has 1 nitrogen and oxygen atoms in total. The second-order valence-corrected chi connectivity index (χ2v) is 4.74. The maximum atomic E-state index is 4.23. The number of rotatable bonds is 0. The molecule has 3 heteroatoms. The minimum absolute atomic E-state index is 0.482. The SMILES string of the molecule is Brc1ccc2[se]cnc2c1. The molecule has 50 valence electrons. The van der Waals surface area contributed by atoms with Crippen molar-refractivity contribution in [1.29, 1.82) is 0 Å². The van der Waals surface area contributed by atoms with Gasteiger partial charge in [-0.1, -0.05) is 0 Å². The first kappa shape index (κ1) is 6.59. The van der Waals surface area contributed by atoms with Crippen LogP contribution in [0.15, 0.2) is 27.7 Å². The van der Waals surface area contributed by atoms with Crippen LogP contribution in [0.25, 0.3) is 9.78 Å². The van der Waals surface area contributed by atoms with Crippen molar-refractivity contribution in [3.8, 4) is 0 Å². The molecule has 0 N–H and O–H groups in total. The van der Waals surface area contributed by atoms with Gasteiger partial charge in [-0.25, -0.2) is 0 Å². The fourth-order valence-corrected chi connectivity index (χ4v) is 2.56. The third kappa shape index (κ3) is 1.05. The molecular weight excluding hydrogens is 257 g/mol. The fourth-order valence-electron chi connectivity index (χ4n) is 0.831.